The van der Waals surface area contributed by atoms with Crippen molar-refractivity contribution in [2.75, 3.05) is 5.32 Å². The van der Waals surface area contributed by atoms with Gasteiger partial charge in [0, 0.05) is 23.8 Å². The molecule has 0 fully saturated rings. The van der Waals surface area contributed by atoms with Crippen LogP contribution in [0, 0.1) is 12.7 Å². The maximum absolute atomic E-state index is 13.3. The first-order valence-corrected chi connectivity index (χ1v) is 8.68. The summed E-state index contributed by atoms with van der Waals surface area (Å²) in [5, 5.41) is 3.10. The maximum atomic E-state index is 13.3. The van der Waals surface area contributed by atoms with Gasteiger partial charge in [-0.15, -0.1) is 0 Å². The summed E-state index contributed by atoms with van der Waals surface area (Å²) in [7, 11) is 0. The fraction of sp³-hybridized carbons (Fsp3) is 0.0455. The summed E-state index contributed by atoms with van der Waals surface area (Å²) in [6.45, 7) is 1.87. The summed E-state index contributed by atoms with van der Waals surface area (Å²) in [6.07, 6.45) is 3.01. The number of para-hydroxylation sites is 1. The average molecular weight is 373 g/mol. The van der Waals surface area contributed by atoms with Crippen molar-refractivity contribution < 1.29 is 9.18 Å². The quantitative estimate of drug-likeness (QED) is 0.588. The number of aryl methyl sites for hydroxylation is 1. The van der Waals surface area contributed by atoms with Gasteiger partial charge >= 0.3 is 0 Å². The first-order chi connectivity index (χ1) is 13.5. The summed E-state index contributed by atoms with van der Waals surface area (Å²) in [5.41, 5.74) is 2.07. The van der Waals surface area contributed by atoms with Crippen LogP contribution < -0.4 is 10.7 Å². The highest BCUT2D eigenvalue weighted by atomic mass is 19.1. The molecule has 0 radical (unpaired) electrons. The molecule has 2 aromatic carbocycles. The second kappa shape index (κ2) is 7.08. The van der Waals surface area contributed by atoms with Gasteiger partial charge in [0.05, 0.1) is 5.39 Å². The van der Waals surface area contributed by atoms with Crippen molar-refractivity contribution in [3.63, 3.8) is 0 Å². The molecule has 1 amide bonds. The van der Waals surface area contributed by atoms with E-state index in [2.05, 4.69) is 10.3 Å². The Morgan fingerprint density at radius 1 is 1.04 bits per heavy atom. The number of aromatic nitrogens is 2. The molecule has 0 aliphatic carbocycles. The number of amides is 1. The largest absolute Gasteiger partial charge is 0.322 e. The van der Waals surface area contributed by atoms with Gasteiger partial charge in [-0.25, -0.2) is 9.37 Å². The van der Waals surface area contributed by atoms with Crippen LogP contribution in [0.25, 0.3) is 16.7 Å². The van der Waals surface area contributed by atoms with Crippen molar-refractivity contribution in [1.29, 1.82) is 0 Å². The van der Waals surface area contributed by atoms with Crippen LogP contribution >= 0.6 is 0 Å². The van der Waals surface area contributed by atoms with Crippen molar-refractivity contribution in [2.45, 2.75) is 6.92 Å². The molecule has 5 nitrogen and oxygen atoms in total. The van der Waals surface area contributed by atoms with Gasteiger partial charge in [-0.3, -0.25) is 9.59 Å². The van der Waals surface area contributed by atoms with E-state index in [0.717, 1.165) is 5.56 Å². The van der Waals surface area contributed by atoms with E-state index in [-0.39, 0.29) is 11.4 Å². The van der Waals surface area contributed by atoms with Crippen LogP contribution in [0.3, 0.4) is 0 Å². The van der Waals surface area contributed by atoms with Crippen LogP contribution in [0.5, 0.6) is 0 Å². The first-order valence-electron chi connectivity index (χ1n) is 8.68. The number of nitrogens with one attached hydrogen (secondary N) is 1. The van der Waals surface area contributed by atoms with Gasteiger partial charge in [-0.1, -0.05) is 18.2 Å². The molecule has 0 unspecified atom stereocenters. The van der Waals surface area contributed by atoms with Gasteiger partial charge in [0.1, 0.15) is 17.0 Å². The van der Waals surface area contributed by atoms with Crippen LogP contribution in [-0.4, -0.2) is 15.5 Å². The maximum Gasteiger partial charge on any atom is 0.261 e. The normalized spacial score (nSPS) is 10.8. The van der Waals surface area contributed by atoms with Crippen molar-refractivity contribution in [2.24, 2.45) is 0 Å². The molecule has 138 valence electrons. The van der Waals surface area contributed by atoms with E-state index in [1.165, 1.54) is 18.3 Å². The molecule has 4 rings (SSSR count). The van der Waals surface area contributed by atoms with Crippen LogP contribution in [0.15, 0.2) is 77.9 Å². The average Bonchev–Trinajstić information content (AvgIpc) is 2.71. The minimum absolute atomic E-state index is 0.0203. The molecule has 0 saturated carbocycles. The molecule has 2 aromatic heterocycles. The molecular formula is C22H16FN3O2. The van der Waals surface area contributed by atoms with Crippen molar-refractivity contribution in [1.82, 2.24) is 9.55 Å². The summed E-state index contributed by atoms with van der Waals surface area (Å²) >= 11 is 0. The number of hydrogen-bond donors (Lipinski definition) is 1. The number of pyridine rings is 2. The Balaban J connectivity index is 1.88. The third kappa shape index (κ3) is 3.16. The van der Waals surface area contributed by atoms with E-state index in [1.54, 1.807) is 41.1 Å². The highest BCUT2D eigenvalue weighted by Gasteiger charge is 2.17. The number of anilines is 1. The molecule has 1 N–H and O–H groups in total. The molecule has 2 heterocycles. The standard InChI is InChI=1S/C22H16FN3O2/c1-14-5-2-3-7-19(14)25-22(28)18-13-26(16-10-8-15(23)9-11-16)21-17(20(18)27)6-4-12-24-21/h2-13H,1H3,(H,25,28). The van der Waals surface area contributed by atoms with E-state index in [0.29, 0.717) is 22.4 Å². The lowest BCUT2D eigenvalue weighted by atomic mass is 10.1. The van der Waals surface area contributed by atoms with Crippen LogP contribution in [0.1, 0.15) is 15.9 Å². The molecular weight excluding hydrogens is 357 g/mol. The summed E-state index contributed by atoms with van der Waals surface area (Å²) in [4.78, 5) is 30.0. The Bertz CT molecular complexity index is 1250. The van der Waals surface area contributed by atoms with E-state index < -0.39 is 11.3 Å². The van der Waals surface area contributed by atoms with Crippen LogP contribution in [0.4, 0.5) is 10.1 Å². The van der Waals surface area contributed by atoms with Gasteiger partial charge in [0.15, 0.2) is 0 Å². The predicted octanol–water partition coefficient (Wildman–Crippen LogP) is 4.09. The number of benzene rings is 2. The minimum atomic E-state index is -0.513. The van der Waals surface area contributed by atoms with Gasteiger partial charge < -0.3 is 9.88 Å². The molecule has 6 heteroatoms. The Morgan fingerprint density at radius 2 is 1.79 bits per heavy atom. The van der Waals surface area contributed by atoms with Crippen LogP contribution in [-0.2, 0) is 0 Å². The summed E-state index contributed by atoms with van der Waals surface area (Å²) < 4.78 is 14.9. The van der Waals surface area contributed by atoms with Crippen molar-refractivity contribution in [3.05, 3.63) is 100 Å². The smallest absolute Gasteiger partial charge is 0.261 e. The SMILES string of the molecule is Cc1ccccc1NC(=O)c1cn(-c2ccc(F)cc2)c2ncccc2c1=O. The molecule has 4 aromatic rings. The molecule has 0 aliphatic heterocycles. The summed E-state index contributed by atoms with van der Waals surface area (Å²) in [6, 6.07) is 16.3. The number of halogens is 1. The monoisotopic (exact) mass is 373 g/mol. The van der Waals surface area contributed by atoms with Gasteiger partial charge in [-0.2, -0.15) is 0 Å². The third-order valence-electron chi connectivity index (χ3n) is 4.51. The highest BCUT2D eigenvalue weighted by molar-refractivity contribution is 6.06. The van der Waals surface area contributed by atoms with Gasteiger partial charge in [-0.05, 0) is 55.0 Å². The Labute approximate surface area is 160 Å². The molecule has 0 saturated heterocycles. The first kappa shape index (κ1) is 17.6. The molecule has 28 heavy (non-hydrogen) atoms. The molecule has 0 atom stereocenters. The predicted molar refractivity (Wildman–Crippen MR) is 106 cm³/mol. The number of carbonyl (C=O) groups is 1. The minimum Gasteiger partial charge on any atom is -0.322 e. The lowest BCUT2D eigenvalue weighted by Gasteiger charge is -2.13. The van der Waals surface area contributed by atoms with Crippen LogP contribution in [0.2, 0.25) is 0 Å². The zero-order chi connectivity index (χ0) is 19.7. The van der Waals surface area contributed by atoms with Crippen molar-refractivity contribution in [3.8, 4) is 5.69 Å². The fourth-order valence-corrected chi connectivity index (χ4v) is 3.02. The highest BCUT2D eigenvalue weighted by Crippen LogP contribution is 2.18. The number of hydrogen-bond acceptors (Lipinski definition) is 3. The lowest BCUT2D eigenvalue weighted by Crippen LogP contribution is -2.24. The Morgan fingerprint density at radius 3 is 2.54 bits per heavy atom. The second-order valence-electron chi connectivity index (χ2n) is 6.36. The number of fused-ring (bicyclic) bond motifs is 1. The second-order valence-corrected chi connectivity index (χ2v) is 6.36. The lowest BCUT2D eigenvalue weighted by molar-refractivity contribution is 0.102. The molecule has 0 spiro atoms. The zero-order valence-electron chi connectivity index (χ0n) is 15.0. The summed E-state index contributed by atoms with van der Waals surface area (Å²) in [5.74, 6) is -0.888. The topological polar surface area (TPSA) is 64.0 Å². The van der Waals surface area contributed by atoms with E-state index in [4.69, 9.17) is 0 Å². The molecule has 0 bridgehead atoms. The van der Waals surface area contributed by atoms with E-state index >= 15 is 0 Å². The van der Waals surface area contributed by atoms with E-state index in [1.807, 2.05) is 25.1 Å². The third-order valence-corrected chi connectivity index (χ3v) is 4.51. The number of nitrogens with zero attached hydrogens (tertiary/aromatic N) is 2. The zero-order valence-corrected chi connectivity index (χ0v) is 15.0. The van der Waals surface area contributed by atoms with E-state index in [9.17, 15) is 14.0 Å². The Kier molecular flexibility index (Phi) is 4.45. The Hall–Kier alpha value is -3.80. The van der Waals surface area contributed by atoms with Gasteiger partial charge in [0.25, 0.3) is 5.91 Å². The number of rotatable bonds is 3. The fourth-order valence-electron chi connectivity index (χ4n) is 3.02. The van der Waals surface area contributed by atoms with Crippen molar-refractivity contribution >= 4 is 22.6 Å². The number of carbonyl (C=O) groups excluding carboxylic acids is 1. The molecule has 0 aliphatic rings. The van der Waals surface area contributed by atoms with Gasteiger partial charge in [0.2, 0.25) is 5.43 Å².